The highest BCUT2D eigenvalue weighted by Crippen LogP contribution is 2.44. The molecule has 3 atom stereocenters. The van der Waals surface area contributed by atoms with Gasteiger partial charge in [-0.05, 0) is 31.0 Å². The summed E-state index contributed by atoms with van der Waals surface area (Å²) in [5, 5.41) is 0.235. The van der Waals surface area contributed by atoms with Gasteiger partial charge in [0.05, 0.1) is 6.10 Å². The third-order valence-electron chi connectivity index (χ3n) is 5.05. The molecule has 0 N–H and O–H groups in total. The van der Waals surface area contributed by atoms with E-state index in [0.29, 0.717) is 11.8 Å². The number of methoxy groups -OCH3 is 2. The van der Waals surface area contributed by atoms with Crippen molar-refractivity contribution < 1.29 is 13.9 Å². The van der Waals surface area contributed by atoms with Gasteiger partial charge in [0.2, 0.25) is 0 Å². The molecule has 0 spiro atoms. The number of ether oxygens (including phenoxy) is 2. The van der Waals surface area contributed by atoms with Gasteiger partial charge in [0.1, 0.15) is 0 Å². The second-order valence-electron chi connectivity index (χ2n) is 7.31. The van der Waals surface area contributed by atoms with E-state index in [1.54, 1.807) is 14.2 Å². The Hall–Kier alpha value is -0.163. The first kappa shape index (κ1) is 17.9. The molecular weight excluding hydrogens is 268 g/mol. The van der Waals surface area contributed by atoms with E-state index in [0.717, 1.165) is 12.8 Å². The quantitative estimate of drug-likeness (QED) is 0.418. The fraction of sp³-hybridized carbons (Fsp3) is 0.875. The van der Waals surface area contributed by atoms with Crippen molar-refractivity contribution in [3.8, 4) is 0 Å². The van der Waals surface area contributed by atoms with Crippen LogP contribution < -0.4 is 0 Å². The maximum Gasteiger partial charge on any atom is 0.192 e. The fourth-order valence-electron chi connectivity index (χ4n) is 2.80. The second kappa shape index (κ2) is 6.73. The molecule has 20 heavy (non-hydrogen) atoms. The van der Waals surface area contributed by atoms with Gasteiger partial charge in [-0.3, -0.25) is 0 Å². The SMILES string of the molecule is C=C[C@H]1[C@@H](C(OC)OC)CC[C@H]1O[Si](C)(C)C(C)(C)C. The summed E-state index contributed by atoms with van der Waals surface area (Å²) >= 11 is 0. The van der Waals surface area contributed by atoms with Gasteiger partial charge in [-0.2, -0.15) is 0 Å². The topological polar surface area (TPSA) is 27.7 Å². The lowest BCUT2D eigenvalue weighted by Gasteiger charge is -2.40. The molecule has 0 aromatic rings. The normalized spacial score (nSPS) is 28.1. The van der Waals surface area contributed by atoms with Crippen molar-refractivity contribution in [1.82, 2.24) is 0 Å². The lowest BCUT2D eigenvalue weighted by Crippen LogP contribution is -2.45. The Labute approximate surface area is 125 Å². The first-order valence-electron chi connectivity index (χ1n) is 7.54. The van der Waals surface area contributed by atoms with Gasteiger partial charge in [0.15, 0.2) is 14.6 Å². The lowest BCUT2D eigenvalue weighted by atomic mass is 9.94. The minimum absolute atomic E-state index is 0.161. The Morgan fingerprint density at radius 3 is 2.10 bits per heavy atom. The molecule has 1 rings (SSSR count). The van der Waals surface area contributed by atoms with Gasteiger partial charge >= 0.3 is 0 Å². The van der Waals surface area contributed by atoms with Crippen molar-refractivity contribution in [2.24, 2.45) is 11.8 Å². The van der Waals surface area contributed by atoms with Crippen LogP contribution in [0.25, 0.3) is 0 Å². The molecule has 1 fully saturated rings. The van der Waals surface area contributed by atoms with E-state index in [2.05, 4.69) is 40.4 Å². The van der Waals surface area contributed by atoms with Gasteiger partial charge < -0.3 is 13.9 Å². The van der Waals surface area contributed by atoms with Gasteiger partial charge in [-0.15, -0.1) is 6.58 Å². The molecule has 0 heterocycles. The van der Waals surface area contributed by atoms with E-state index in [-0.39, 0.29) is 17.4 Å². The van der Waals surface area contributed by atoms with Gasteiger partial charge in [-0.1, -0.05) is 26.8 Å². The first-order valence-corrected chi connectivity index (χ1v) is 10.4. The molecule has 0 bridgehead atoms. The van der Waals surface area contributed by atoms with E-state index in [4.69, 9.17) is 13.9 Å². The van der Waals surface area contributed by atoms with E-state index < -0.39 is 8.32 Å². The monoisotopic (exact) mass is 300 g/mol. The van der Waals surface area contributed by atoms with Crippen LogP contribution in [0.4, 0.5) is 0 Å². The molecule has 1 aliphatic carbocycles. The number of rotatable bonds is 6. The standard InChI is InChI=1S/C16H32O3Si/c1-9-12-13(15(17-5)18-6)10-11-14(12)19-20(7,8)16(2,3)4/h9,12-15H,1,10-11H2,2-8H3/t12-,13-,14+/m0/s1. The molecule has 0 aromatic carbocycles. The largest absolute Gasteiger partial charge is 0.413 e. The average Bonchev–Trinajstić information content (AvgIpc) is 2.71. The molecular formula is C16H32O3Si. The van der Waals surface area contributed by atoms with E-state index in [9.17, 15) is 0 Å². The number of hydrogen-bond acceptors (Lipinski definition) is 3. The third-order valence-corrected chi connectivity index (χ3v) is 9.55. The molecule has 4 heteroatoms. The summed E-state index contributed by atoms with van der Waals surface area (Å²) in [6.07, 6.45) is 4.26. The van der Waals surface area contributed by atoms with Crippen LogP contribution in [-0.4, -0.2) is 34.9 Å². The number of hydrogen-bond donors (Lipinski definition) is 0. The molecule has 3 nitrogen and oxygen atoms in total. The molecule has 0 saturated heterocycles. The summed E-state index contributed by atoms with van der Waals surface area (Å²) in [6, 6.07) is 0. The van der Waals surface area contributed by atoms with Crippen molar-refractivity contribution in [1.29, 1.82) is 0 Å². The predicted molar refractivity (Wildman–Crippen MR) is 86.3 cm³/mol. The highest BCUT2D eigenvalue weighted by atomic mass is 28.4. The molecule has 118 valence electrons. The highest BCUT2D eigenvalue weighted by molar-refractivity contribution is 6.74. The summed E-state index contributed by atoms with van der Waals surface area (Å²) in [5.74, 6) is 0.659. The second-order valence-corrected chi connectivity index (χ2v) is 12.1. The van der Waals surface area contributed by atoms with Crippen LogP contribution >= 0.6 is 0 Å². The smallest absolute Gasteiger partial charge is 0.192 e. The Kier molecular flexibility index (Phi) is 6.02. The zero-order chi connectivity index (χ0) is 15.6. The van der Waals surface area contributed by atoms with Crippen molar-refractivity contribution in [2.45, 2.75) is 64.1 Å². The summed E-state index contributed by atoms with van der Waals surface area (Å²) in [4.78, 5) is 0. The van der Waals surface area contributed by atoms with Crippen LogP contribution in [0.3, 0.4) is 0 Å². The van der Waals surface area contributed by atoms with Crippen molar-refractivity contribution in [3.05, 3.63) is 12.7 Å². The van der Waals surface area contributed by atoms with Gasteiger partial charge in [0.25, 0.3) is 0 Å². The summed E-state index contributed by atoms with van der Waals surface area (Å²) in [6.45, 7) is 15.5. The minimum Gasteiger partial charge on any atom is -0.413 e. The summed E-state index contributed by atoms with van der Waals surface area (Å²) in [7, 11) is 1.67. The van der Waals surface area contributed by atoms with Crippen molar-refractivity contribution in [2.75, 3.05) is 14.2 Å². The molecule has 0 aliphatic heterocycles. The van der Waals surface area contributed by atoms with Crippen LogP contribution in [0.15, 0.2) is 12.7 Å². The predicted octanol–water partition coefficient (Wildman–Crippen LogP) is 4.21. The Morgan fingerprint density at radius 1 is 1.15 bits per heavy atom. The molecule has 0 unspecified atom stereocenters. The maximum atomic E-state index is 6.59. The van der Waals surface area contributed by atoms with E-state index in [1.807, 2.05) is 6.08 Å². The van der Waals surface area contributed by atoms with Crippen molar-refractivity contribution in [3.63, 3.8) is 0 Å². The van der Waals surface area contributed by atoms with Crippen LogP contribution in [0.5, 0.6) is 0 Å². The van der Waals surface area contributed by atoms with Gasteiger partial charge in [-0.25, -0.2) is 0 Å². The fourth-order valence-corrected chi connectivity index (χ4v) is 4.19. The summed E-state index contributed by atoms with van der Waals surface area (Å²) < 4.78 is 17.5. The minimum atomic E-state index is -1.74. The Balaban J connectivity index is 2.81. The van der Waals surface area contributed by atoms with Gasteiger partial charge in [0, 0.05) is 26.1 Å². The molecule has 0 amide bonds. The third kappa shape index (κ3) is 3.73. The van der Waals surface area contributed by atoms with Crippen LogP contribution in [0.2, 0.25) is 18.1 Å². The highest BCUT2D eigenvalue weighted by Gasteiger charge is 2.45. The maximum absolute atomic E-state index is 6.59. The van der Waals surface area contributed by atoms with E-state index in [1.165, 1.54) is 0 Å². The molecule has 1 aliphatic rings. The zero-order valence-corrected chi connectivity index (χ0v) is 15.2. The van der Waals surface area contributed by atoms with Crippen LogP contribution in [0.1, 0.15) is 33.6 Å². The zero-order valence-electron chi connectivity index (χ0n) is 14.2. The van der Waals surface area contributed by atoms with Crippen LogP contribution in [-0.2, 0) is 13.9 Å². The van der Waals surface area contributed by atoms with E-state index >= 15 is 0 Å². The van der Waals surface area contributed by atoms with Crippen LogP contribution in [0, 0.1) is 11.8 Å². The molecule has 0 aromatic heterocycles. The average molecular weight is 301 g/mol. The first-order chi connectivity index (χ1) is 9.17. The summed E-state index contributed by atoms with van der Waals surface area (Å²) in [5.41, 5.74) is 0. The van der Waals surface area contributed by atoms with Crippen molar-refractivity contribution >= 4 is 8.32 Å². The Bertz CT molecular complexity index is 318. The lowest BCUT2D eigenvalue weighted by molar-refractivity contribution is -0.143. The Morgan fingerprint density at radius 2 is 1.70 bits per heavy atom. The molecule has 1 saturated carbocycles. The molecule has 0 radical (unpaired) electrons.